The van der Waals surface area contributed by atoms with Gasteiger partial charge in [-0.2, -0.15) is 0 Å². The molecular formula is C14H14Br2N2O2S. The number of benzene rings is 2. The normalized spacial score (nSPS) is 11.4. The van der Waals surface area contributed by atoms with Gasteiger partial charge in [0.05, 0.1) is 10.6 Å². The summed E-state index contributed by atoms with van der Waals surface area (Å²) in [6.45, 7) is 1.97. The van der Waals surface area contributed by atoms with E-state index in [-0.39, 0.29) is 4.90 Å². The summed E-state index contributed by atoms with van der Waals surface area (Å²) in [5.74, 6) is 0. The molecule has 0 saturated carbocycles. The number of anilines is 2. The number of hydrogen-bond donors (Lipinski definition) is 2. The van der Waals surface area contributed by atoms with Crippen LogP contribution >= 0.6 is 31.9 Å². The third kappa shape index (κ3) is 3.78. The minimum absolute atomic E-state index is 0.143. The first-order chi connectivity index (χ1) is 9.83. The molecule has 0 heterocycles. The predicted molar refractivity (Wildman–Crippen MR) is 92.9 cm³/mol. The van der Waals surface area contributed by atoms with Crippen LogP contribution in [0.25, 0.3) is 0 Å². The van der Waals surface area contributed by atoms with Gasteiger partial charge in [0, 0.05) is 14.6 Å². The van der Waals surface area contributed by atoms with Crippen LogP contribution in [0.3, 0.4) is 0 Å². The molecule has 0 atom stereocenters. The number of nitrogen functional groups attached to an aromatic ring is 1. The number of hydrogen-bond acceptors (Lipinski definition) is 3. The summed E-state index contributed by atoms with van der Waals surface area (Å²) in [5, 5.41) is 0. The Morgan fingerprint density at radius 3 is 2.48 bits per heavy atom. The van der Waals surface area contributed by atoms with E-state index < -0.39 is 10.0 Å². The molecule has 0 fully saturated rings. The molecular weight excluding hydrogens is 420 g/mol. The molecule has 2 rings (SSSR count). The van der Waals surface area contributed by atoms with Crippen molar-refractivity contribution in [1.82, 2.24) is 0 Å². The quantitative estimate of drug-likeness (QED) is 0.711. The van der Waals surface area contributed by atoms with E-state index in [1.165, 1.54) is 6.07 Å². The van der Waals surface area contributed by atoms with Crippen LogP contribution in [-0.2, 0) is 16.4 Å². The van der Waals surface area contributed by atoms with Gasteiger partial charge in [0.25, 0.3) is 10.0 Å². The third-order valence-electron chi connectivity index (χ3n) is 2.98. The molecule has 0 bridgehead atoms. The Morgan fingerprint density at radius 2 is 1.86 bits per heavy atom. The number of aryl methyl sites for hydroxylation is 1. The lowest BCUT2D eigenvalue weighted by molar-refractivity contribution is 0.601. The van der Waals surface area contributed by atoms with Crippen molar-refractivity contribution >= 4 is 53.3 Å². The first-order valence-electron chi connectivity index (χ1n) is 6.19. The van der Waals surface area contributed by atoms with Crippen molar-refractivity contribution in [3.8, 4) is 0 Å². The molecule has 7 heteroatoms. The standard InChI is InChI=1S/C14H14Br2N2O2S/c1-2-9-3-5-11(8-13(9)17)21(19,20)18-14-7-10(15)4-6-12(14)16/h3-8,18H,2,17H2,1H3. The summed E-state index contributed by atoms with van der Waals surface area (Å²) in [7, 11) is -3.68. The van der Waals surface area contributed by atoms with Gasteiger partial charge in [-0.25, -0.2) is 8.42 Å². The summed E-state index contributed by atoms with van der Waals surface area (Å²) in [6, 6.07) is 10.0. The fraction of sp³-hybridized carbons (Fsp3) is 0.143. The van der Waals surface area contributed by atoms with Crippen LogP contribution in [-0.4, -0.2) is 8.42 Å². The van der Waals surface area contributed by atoms with Gasteiger partial charge in [-0.1, -0.05) is 28.9 Å². The third-order valence-corrected chi connectivity index (χ3v) is 5.53. The van der Waals surface area contributed by atoms with Crippen molar-refractivity contribution in [3.05, 3.63) is 50.9 Å². The molecule has 0 aliphatic carbocycles. The van der Waals surface area contributed by atoms with Crippen molar-refractivity contribution in [2.75, 3.05) is 10.5 Å². The Bertz CT molecular complexity index is 777. The fourth-order valence-electron chi connectivity index (χ4n) is 1.84. The number of rotatable bonds is 4. The Balaban J connectivity index is 2.38. The highest BCUT2D eigenvalue weighted by molar-refractivity contribution is 9.11. The summed E-state index contributed by atoms with van der Waals surface area (Å²) >= 11 is 6.64. The van der Waals surface area contributed by atoms with Crippen LogP contribution in [0.2, 0.25) is 0 Å². The smallest absolute Gasteiger partial charge is 0.262 e. The minimum Gasteiger partial charge on any atom is -0.398 e. The first-order valence-corrected chi connectivity index (χ1v) is 9.26. The van der Waals surface area contributed by atoms with Crippen molar-refractivity contribution in [3.63, 3.8) is 0 Å². The molecule has 3 N–H and O–H groups in total. The molecule has 0 spiro atoms. The minimum atomic E-state index is -3.68. The van der Waals surface area contributed by atoms with Crippen LogP contribution in [0.1, 0.15) is 12.5 Å². The van der Waals surface area contributed by atoms with Crippen LogP contribution in [0, 0.1) is 0 Å². The number of sulfonamides is 1. The fourth-order valence-corrected chi connectivity index (χ4v) is 3.79. The monoisotopic (exact) mass is 432 g/mol. The van der Waals surface area contributed by atoms with Gasteiger partial charge in [0.2, 0.25) is 0 Å². The zero-order valence-electron chi connectivity index (χ0n) is 11.2. The average molecular weight is 434 g/mol. The lowest BCUT2D eigenvalue weighted by atomic mass is 10.1. The van der Waals surface area contributed by atoms with Crippen molar-refractivity contribution in [1.29, 1.82) is 0 Å². The van der Waals surface area contributed by atoms with Crippen LogP contribution in [0.5, 0.6) is 0 Å². The second-order valence-corrected chi connectivity index (χ2v) is 7.90. The van der Waals surface area contributed by atoms with Gasteiger partial charge in [0.1, 0.15) is 0 Å². The van der Waals surface area contributed by atoms with Gasteiger partial charge in [-0.15, -0.1) is 0 Å². The maximum atomic E-state index is 12.4. The van der Waals surface area contributed by atoms with E-state index in [1.807, 2.05) is 13.0 Å². The number of nitrogens with two attached hydrogens (primary N) is 1. The molecule has 0 saturated heterocycles. The molecule has 2 aromatic carbocycles. The molecule has 0 unspecified atom stereocenters. The topological polar surface area (TPSA) is 72.2 Å². The zero-order valence-corrected chi connectivity index (χ0v) is 15.2. The number of halogens is 2. The molecule has 0 aliphatic heterocycles. The van der Waals surface area contributed by atoms with Gasteiger partial charge in [-0.05, 0) is 58.2 Å². The van der Waals surface area contributed by atoms with Crippen molar-refractivity contribution in [2.24, 2.45) is 0 Å². The summed E-state index contributed by atoms with van der Waals surface area (Å²) in [6.07, 6.45) is 0.761. The van der Waals surface area contributed by atoms with Gasteiger partial charge < -0.3 is 5.73 Å². The summed E-state index contributed by atoms with van der Waals surface area (Å²) in [4.78, 5) is 0.143. The predicted octanol–water partition coefficient (Wildman–Crippen LogP) is 4.16. The highest BCUT2D eigenvalue weighted by Gasteiger charge is 2.17. The van der Waals surface area contributed by atoms with Crippen molar-refractivity contribution in [2.45, 2.75) is 18.2 Å². The molecule has 112 valence electrons. The van der Waals surface area contributed by atoms with E-state index in [1.54, 1.807) is 24.3 Å². The Hall–Kier alpha value is -1.05. The lowest BCUT2D eigenvalue weighted by Gasteiger charge is -2.12. The molecule has 0 amide bonds. The molecule has 0 aliphatic rings. The SMILES string of the molecule is CCc1ccc(S(=O)(=O)Nc2cc(Br)ccc2Br)cc1N. The van der Waals surface area contributed by atoms with Gasteiger partial charge in [0.15, 0.2) is 0 Å². The highest BCUT2D eigenvalue weighted by atomic mass is 79.9. The molecule has 0 aromatic heterocycles. The largest absolute Gasteiger partial charge is 0.398 e. The van der Waals surface area contributed by atoms with E-state index in [0.717, 1.165) is 16.5 Å². The average Bonchev–Trinajstić information content (AvgIpc) is 2.42. The Kier molecular flexibility index (Phi) is 4.95. The molecule has 4 nitrogen and oxygen atoms in total. The van der Waals surface area contributed by atoms with Gasteiger partial charge >= 0.3 is 0 Å². The second-order valence-electron chi connectivity index (χ2n) is 4.44. The molecule has 21 heavy (non-hydrogen) atoms. The zero-order chi connectivity index (χ0) is 15.6. The maximum absolute atomic E-state index is 12.4. The molecule has 0 radical (unpaired) electrons. The van der Waals surface area contributed by atoms with Gasteiger partial charge in [-0.3, -0.25) is 4.72 Å². The first kappa shape index (κ1) is 16.3. The summed E-state index contributed by atoms with van der Waals surface area (Å²) in [5.41, 5.74) is 7.74. The highest BCUT2D eigenvalue weighted by Crippen LogP contribution is 2.29. The number of nitrogens with one attached hydrogen (secondary N) is 1. The Morgan fingerprint density at radius 1 is 1.14 bits per heavy atom. The Labute approximate surface area is 141 Å². The van der Waals surface area contributed by atoms with Crippen molar-refractivity contribution < 1.29 is 8.42 Å². The van der Waals surface area contributed by atoms with Crippen LogP contribution in [0.15, 0.2) is 50.2 Å². The molecule has 2 aromatic rings. The summed E-state index contributed by atoms with van der Waals surface area (Å²) < 4.78 is 28.8. The van der Waals surface area contributed by atoms with E-state index in [9.17, 15) is 8.42 Å². The van der Waals surface area contributed by atoms with E-state index in [4.69, 9.17) is 5.73 Å². The lowest BCUT2D eigenvalue weighted by Crippen LogP contribution is -2.14. The second kappa shape index (κ2) is 6.37. The van der Waals surface area contributed by atoms with E-state index >= 15 is 0 Å². The van der Waals surface area contributed by atoms with Crippen LogP contribution in [0.4, 0.5) is 11.4 Å². The van der Waals surface area contributed by atoms with Crippen LogP contribution < -0.4 is 10.5 Å². The van der Waals surface area contributed by atoms with E-state index in [2.05, 4.69) is 36.6 Å². The van der Waals surface area contributed by atoms with E-state index in [0.29, 0.717) is 15.8 Å². The maximum Gasteiger partial charge on any atom is 0.262 e.